The van der Waals surface area contributed by atoms with Crippen molar-refractivity contribution in [3.8, 4) is 0 Å². The number of benzene rings is 1. The molecule has 1 aliphatic heterocycles. The topological polar surface area (TPSA) is 58.6 Å². The molecule has 5 nitrogen and oxygen atoms in total. The van der Waals surface area contributed by atoms with Gasteiger partial charge in [0.15, 0.2) is 0 Å². The van der Waals surface area contributed by atoms with E-state index in [0.717, 1.165) is 0 Å². The van der Waals surface area contributed by atoms with Gasteiger partial charge in [0.25, 0.3) is 5.91 Å². The van der Waals surface area contributed by atoms with Gasteiger partial charge in [0, 0.05) is 5.70 Å². The number of hydrazine groups is 1. The van der Waals surface area contributed by atoms with Gasteiger partial charge < -0.3 is 4.74 Å². The molecular formula is C13H14N2O3. The third-order valence-corrected chi connectivity index (χ3v) is 2.52. The molecule has 1 aliphatic rings. The summed E-state index contributed by atoms with van der Waals surface area (Å²) >= 11 is 0. The fourth-order valence-corrected chi connectivity index (χ4v) is 1.69. The summed E-state index contributed by atoms with van der Waals surface area (Å²) in [6.07, 6.45) is 0.291. The van der Waals surface area contributed by atoms with Crippen molar-refractivity contribution in [1.82, 2.24) is 5.43 Å². The Bertz CT molecular complexity index is 493. The second-order valence-corrected chi connectivity index (χ2v) is 3.89. The maximum absolute atomic E-state index is 11.6. The van der Waals surface area contributed by atoms with E-state index in [4.69, 9.17) is 4.74 Å². The molecule has 0 unspecified atom stereocenters. The molecule has 0 atom stereocenters. The van der Waals surface area contributed by atoms with Gasteiger partial charge in [0.2, 0.25) is 0 Å². The van der Waals surface area contributed by atoms with Crippen molar-refractivity contribution >= 4 is 17.6 Å². The Labute approximate surface area is 105 Å². The van der Waals surface area contributed by atoms with Crippen LogP contribution in [-0.2, 0) is 9.53 Å². The molecule has 0 aromatic heterocycles. The summed E-state index contributed by atoms with van der Waals surface area (Å²) in [6.45, 7) is 5.80. The highest BCUT2D eigenvalue weighted by atomic mass is 16.5. The Balaban J connectivity index is 2.15. The molecule has 94 valence electrons. The van der Waals surface area contributed by atoms with E-state index in [1.807, 2.05) is 0 Å². The van der Waals surface area contributed by atoms with E-state index in [9.17, 15) is 9.59 Å². The van der Waals surface area contributed by atoms with Crippen LogP contribution in [0.15, 0.2) is 36.5 Å². The molecule has 1 aromatic carbocycles. The summed E-state index contributed by atoms with van der Waals surface area (Å²) in [4.78, 5) is 23.1. The van der Waals surface area contributed by atoms with Crippen LogP contribution in [0.2, 0.25) is 0 Å². The van der Waals surface area contributed by atoms with E-state index in [0.29, 0.717) is 30.0 Å². The van der Waals surface area contributed by atoms with Crippen molar-refractivity contribution in [2.45, 2.75) is 13.3 Å². The van der Waals surface area contributed by atoms with E-state index in [1.54, 1.807) is 31.2 Å². The van der Waals surface area contributed by atoms with Gasteiger partial charge in [-0.15, -0.1) is 0 Å². The first-order valence-electron chi connectivity index (χ1n) is 5.66. The van der Waals surface area contributed by atoms with Crippen molar-refractivity contribution in [2.75, 3.05) is 11.6 Å². The van der Waals surface area contributed by atoms with Gasteiger partial charge >= 0.3 is 5.97 Å². The Morgan fingerprint density at radius 2 is 2.11 bits per heavy atom. The molecule has 0 radical (unpaired) electrons. The van der Waals surface area contributed by atoms with Crippen molar-refractivity contribution in [2.24, 2.45) is 0 Å². The van der Waals surface area contributed by atoms with Crippen LogP contribution in [0.5, 0.6) is 0 Å². The Hall–Kier alpha value is -2.30. The molecule has 18 heavy (non-hydrogen) atoms. The lowest BCUT2D eigenvalue weighted by atomic mass is 10.2. The molecule has 1 heterocycles. The smallest absolute Gasteiger partial charge is 0.338 e. The van der Waals surface area contributed by atoms with Gasteiger partial charge in [0.1, 0.15) is 0 Å². The molecule has 5 heteroatoms. The van der Waals surface area contributed by atoms with Crippen LogP contribution in [0.3, 0.4) is 0 Å². The SMILES string of the molecule is C=C1CC(=O)N(c2ccc(C(=O)OCC)cc2)N1. The minimum absolute atomic E-state index is 0.0658. The molecule has 1 fully saturated rings. The largest absolute Gasteiger partial charge is 0.462 e. The maximum Gasteiger partial charge on any atom is 0.338 e. The summed E-state index contributed by atoms with van der Waals surface area (Å²) in [7, 11) is 0. The van der Waals surface area contributed by atoms with Crippen LogP contribution in [0.25, 0.3) is 0 Å². The minimum Gasteiger partial charge on any atom is -0.462 e. The minimum atomic E-state index is -0.367. The highest BCUT2D eigenvalue weighted by Crippen LogP contribution is 2.20. The van der Waals surface area contributed by atoms with Crippen molar-refractivity contribution < 1.29 is 14.3 Å². The van der Waals surface area contributed by atoms with Crippen molar-refractivity contribution in [3.63, 3.8) is 0 Å². The fraction of sp³-hybridized carbons (Fsp3) is 0.231. The zero-order chi connectivity index (χ0) is 13.1. The average molecular weight is 246 g/mol. The quantitative estimate of drug-likeness (QED) is 0.823. The lowest BCUT2D eigenvalue weighted by Gasteiger charge is -2.16. The summed E-state index contributed by atoms with van der Waals surface area (Å²) in [6, 6.07) is 6.64. The van der Waals surface area contributed by atoms with Gasteiger partial charge in [0.05, 0.1) is 24.3 Å². The number of ether oxygens (including phenoxy) is 1. The van der Waals surface area contributed by atoms with Gasteiger partial charge in [-0.2, -0.15) is 0 Å². The first-order chi connectivity index (χ1) is 8.61. The number of nitrogens with zero attached hydrogens (tertiary/aromatic N) is 1. The number of amides is 1. The van der Waals surface area contributed by atoms with E-state index < -0.39 is 0 Å². The van der Waals surface area contributed by atoms with Crippen LogP contribution in [-0.4, -0.2) is 18.5 Å². The molecule has 1 saturated heterocycles. The first kappa shape index (κ1) is 12.2. The van der Waals surface area contributed by atoms with Crippen molar-refractivity contribution in [3.05, 3.63) is 42.1 Å². The number of hydrogen-bond acceptors (Lipinski definition) is 4. The number of rotatable bonds is 3. The predicted molar refractivity (Wildman–Crippen MR) is 66.8 cm³/mol. The maximum atomic E-state index is 11.6. The zero-order valence-electron chi connectivity index (χ0n) is 10.1. The van der Waals surface area contributed by atoms with Crippen molar-refractivity contribution in [1.29, 1.82) is 0 Å². The highest BCUT2D eigenvalue weighted by molar-refractivity contribution is 5.97. The third-order valence-electron chi connectivity index (χ3n) is 2.52. The number of esters is 1. The van der Waals surface area contributed by atoms with Crippen LogP contribution in [0.1, 0.15) is 23.7 Å². The highest BCUT2D eigenvalue weighted by Gasteiger charge is 2.24. The molecule has 0 bridgehead atoms. The molecule has 1 aromatic rings. The zero-order valence-corrected chi connectivity index (χ0v) is 10.1. The van der Waals surface area contributed by atoms with Gasteiger partial charge in [-0.3, -0.25) is 10.2 Å². The standard InChI is InChI=1S/C13H14N2O3/c1-3-18-13(17)10-4-6-11(7-5-10)15-12(16)8-9(2)14-15/h4-7,14H,2-3,8H2,1H3. The van der Waals surface area contributed by atoms with Crippen LogP contribution in [0, 0.1) is 0 Å². The lowest BCUT2D eigenvalue weighted by molar-refractivity contribution is -0.117. The summed E-state index contributed by atoms with van der Waals surface area (Å²) in [5.41, 5.74) is 4.67. The lowest BCUT2D eigenvalue weighted by Crippen LogP contribution is -2.33. The van der Waals surface area contributed by atoms with E-state index in [2.05, 4.69) is 12.0 Å². The third kappa shape index (κ3) is 2.34. The molecular weight excluding hydrogens is 232 g/mol. The normalized spacial score (nSPS) is 14.6. The van der Waals surface area contributed by atoms with Gasteiger partial charge in [-0.05, 0) is 31.2 Å². The number of anilines is 1. The second kappa shape index (κ2) is 4.91. The Morgan fingerprint density at radius 3 is 2.61 bits per heavy atom. The summed E-state index contributed by atoms with van der Waals surface area (Å²) in [5.74, 6) is -0.432. The van der Waals surface area contributed by atoms with Gasteiger partial charge in [-0.25, -0.2) is 9.80 Å². The Morgan fingerprint density at radius 1 is 1.44 bits per heavy atom. The molecule has 1 amide bonds. The van der Waals surface area contributed by atoms with Crippen LogP contribution in [0.4, 0.5) is 5.69 Å². The summed E-state index contributed by atoms with van der Waals surface area (Å²) in [5, 5.41) is 1.41. The number of carbonyl (C=O) groups excluding carboxylic acids is 2. The fourth-order valence-electron chi connectivity index (χ4n) is 1.69. The predicted octanol–water partition coefficient (Wildman–Crippen LogP) is 1.62. The van der Waals surface area contributed by atoms with E-state index in [1.165, 1.54) is 5.01 Å². The van der Waals surface area contributed by atoms with Gasteiger partial charge in [-0.1, -0.05) is 6.58 Å². The van der Waals surface area contributed by atoms with E-state index in [-0.39, 0.29) is 11.9 Å². The monoisotopic (exact) mass is 246 g/mol. The number of nitrogens with one attached hydrogen (secondary N) is 1. The average Bonchev–Trinajstić information content (AvgIpc) is 2.69. The van der Waals surface area contributed by atoms with Crippen LogP contribution < -0.4 is 10.4 Å². The second-order valence-electron chi connectivity index (χ2n) is 3.89. The summed E-state index contributed by atoms with van der Waals surface area (Å²) < 4.78 is 4.88. The molecule has 0 saturated carbocycles. The van der Waals surface area contributed by atoms with E-state index >= 15 is 0 Å². The molecule has 0 aliphatic carbocycles. The molecule has 1 N–H and O–H groups in total. The first-order valence-corrected chi connectivity index (χ1v) is 5.66. The molecule has 0 spiro atoms. The molecule has 2 rings (SSSR count). The number of hydrogen-bond donors (Lipinski definition) is 1. The number of carbonyl (C=O) groups is 2. The van der Waals surface area contributed by atoms with Crippen LogP contribution >= 0.6 is 0 Å². The Kier molecular flexibility index (Phi) is 3.32.